The maximum Gasteiger partial charge on any atom is 0.269 e. The maximum atomic E-state index is 10.9. The highest BCUT2D eigenvalue weighted by Gasteiger charge is 2.24. The van der Waals surface area contributed by atoms with Gasteiger partial charge in [-0.05, 0) is 24.8 Å². The smallest absolute Gasteiger partial charge is 0.269 e. The van der Waals surface area contributed by atoms with Crippen LogP contribution >= 0.6 is 0 Å². The van der Waals surface area contributed by atoms with Crippen molar-refractivity contribution in [2.75, 3.05) is 6.54 Å². The van der Waals surface area contributed by atoms with Gasteiger partial charge in [-0.15, -0.1) is 0 Å². The first-order chi connectivity index (χ1) is 9.95. The van der Waals surface area contributed by atoms with Gasteiger partial charge in [-0.2, -0.15) is 0 Å². The molecule has 0 amide bonds. The molecule has 1 rings (SSSR count). The van der Waals surface area contributed by atoms with Crippen LogP contribution in [0.2, 0.25) is 0 Å². The van der Waals surface area contributed by atoms with Gasteiger partial charge in [-0.25, -0.2) is 0 Å². The molecule has 0 aliphatic heterocycles. The van der Waals surface area contributed by atoms with Crippen LogP contribution in [-0.4, -0.2) is 22.2 Å². The third-order valence-electron chi connectivity index (χ3n) is 4.05. The Bertz CT molecular complexity index is 459. The highest BCUT2D eigenvalue weighted by molar-refractivity contribution is 5.35. The zero-order chi connectivity index (χ0) is 15.9. The standard InChI is InChI=1S/C16H26N2O3/c1-4-8-15(17-12-16(19,5-2)6-3)13-9-7-10-14(11-13)18(20)21/h7,9-11,15,17,19H,4-6,8,12H2,1-3H3. The fourth-order valence-corrected chi connectivity index (χ4v) is 2.34. The molecule has 0 aliphatic rings. The normalized spacial score (nSPS) is 13.1. The van der Waals surface area contributed by atoms with Crippen LogP contribution in [0.1, 0.15) is 58.1 Å². The molecule has 0 fully saturated rings. The van der Waals surface area contributed by atoms with Gasteiger partial charge < -0.3 is 10.4 Å². The Morgan fingerprint density at radius 2 is 2.00 bits per heavy atom. The van der Waals surface area contributed by atoms with Gasteiger partial charge >= 0.3 is 0 Å². The lowest BCUT2D eigenvalue weighted by Gasteiger charge is -2.29. The van der Waals surface area contributed by atoms with Crippen molar-refractivity contribution in [3.05, 3.63) is 39.9 Å². The van der Waals surface area contributed by atoms with Crippen LogP contribution in [0.25, 0.3) is 0 Å². The summed E-state index contributed by atoms with van der Waals surface area (Å²) in [6.45, 7) is 6.51. The molecule has 0 saturated heterocycles. The van der Waals surface area contributed by atoms with E-state index in [1.54, 1.807) is 12.1 Å². The minimum absolute atomic E-state index is 0.0273. The van der Waals surface area contributed by atoms with E-state index in [9.17, 15) is 15.2 Å². The van der Waals surface area contributed by atoms with Gasteiger partial charge in [0, 0.05) is 24.7 Å². The molecule has 0 bridgehead atoms. The second-order valence-corrected chi connectivity index (χ2v) is 5.51. The van der Waals surface area contributed by atoms with Gasteiger partial charge in [0.2, 0.25) is 0 Å². The van der Waals surface area contributed by atoms with Gasteiger partial charge in [0.25, 0.3) is 5.69 Å². The fourth-order valence-electron chi connectivity index (χ4n) is 2.34. The van der Waals surface area contributed by atoms with Crippen molar-refractivity contribution in [2.45, 2.75) is 58.1 Å². The lowest BCUT2D eigenvalue weighted by molar-refractivity contribution is -0.384. The van der Waals surface area contributed by atoms with Gasteiger partial charge in [0.05, 0.1) is 10.5 Å². The van der Waals surface area contributed by atoms with Crippen LogP contribution in [0.15, 0.2) is 24.3 Å². The summed E-state index contributed by atoms with van der Waals surface area (Å²) in [6.07, 6.45) is 3.22. The Labute approximate surface area is 126 Å². The number of hydrogen-bond donors (Lipinski definition) is 2. The van der Waals surface area contributed by atoms with Gasteiger partial charge in [-0.3, -0.25) is 10.1 Å². The number of hydrogen-bond acceptors (Lipinski definition) is 4. The average Bonchev–Trinajstić information content (AvgIpc) is 2.51. The number of nitro groups is 1. The first-order valence-electron chi connectivity index (χ1n) is 7.65. The van der Waals surface area contributed by atoms with E-state index in [2.05, 4.69) is 12.2 Å². The molecule has 0 radical (unpaired) electrons. The quantitative estimate of drug-likeness (QED) is 0.539. The van der Waals surface area contributed by atoms with Crippen LogP contribution in [0, 0.1) is 10.1 Å². The van der Waals surface area contributed by atoms with Crippen LogP contribution in [0.3, 0.4) is 0 Å². The summed E-state index contributed by atoms with van der Waals surface area (Å²) < 4.78 is 0. The van der Waals surface area contributed by atoms with Crippen molar-refractivity contribution < 1.29 is 10.0 Å². The molecule has 118 valence electrons. The molecule has 5 heteroatoms. The molecular formula is C16H26N2O3. The van der Waals surface area contributed by atoms with Gasteiger partial charge in [0.15, 0.2) is 0 Å². The molecule has 5 nitrogen and oxygen atoms in total. The molecule has 1 aromatic carbocycles. The number of nitrogens with one attached hydrogen (secondary N) is 1. The topological polar surface area (TPSA) is 75.4 Å². The molecule has 0 spiro atoms. The third-order valence-corrected chi connectivity index (χ3v) is 4.05. The number of rotatable bonds is 9. The monoisotopic (exact) mass is 294 g/mol. The minimum atomic E-state index is -0.716. The molecule has 0 heterocycles. The van der Waals surface area contributed by atoms with Crippen LogP contribution < -0.4 is 5.32 Å². The Hall–Kier alpha value is -1.46. The zero-order valence-electron chi connectivity index (χ0n) is 13.1. The van der Waals surface area contributed by atoms with Crippen molar-refractivity contribution in [3.8, 4) is 0 Å². The third kappa shape index (κ3) is 5.10. The Morgan fingerprint density at radius 1 is 1.33 bits per heavy atom. The first-order valence-corrected chi connectivity index (χ1v) is 7.65. The number of nitrogens with zero attached hydrogens (tertiary/aromatic N) is 1. The van der Waals surface area contributed by atoms with E-state index in [0.29, 0.717) is 19.4 Å². The second kappa shape index (κ2) is 8.10. The van der Waals surface area contributed by atoms with Crippen molar-refractivity contribution in [1.29, 1.82) is 0 Å². The van der Waals surface area contributed by atoms with Crippen LogP contribution in [0.4, 0.5) is 5.69 Å². The molecule has 2 N–H and O–H groups in total. The fraction of sp³-hybridized carbons (Fsp3) is 0.625. The van der Waals surface area contributed by atoms with Gasteiger partial charge in [-0.1, -0.05) is 39.3 Å². The molecule has 1 aromatic rings. The summed E-state index contributed by atoms with van der Waals surface area (Å²) in [5.74, 6) is 0. The zero-order valence-corrected chi connectivity index (χ0v) is 13.1. The van der Waals surface area contributed by atoms with Crippen molar-refractivity contribution in [3.63, 3.8) is 0 Å². The van der Waals surface area contributed by atoms with Crippen molar-refractivity contribution in [1.82, 2.24) is 5.32 Å². The largest absolute Gasteiger partial charge is 0.389 e. The molecule has 0 aromatic heterocycles. The SMILES string of the molecule is CCCC(NCC(O)(CC)CC)c1cccc([N+](=O)[O-])c1. The number of aliphatic hydroxyl groups is 1. The summed E-state index contributed by atoms with van der Waals surface area (Å²) in [5.41, 5.74) is 0.296. The Kier molecular flexibility index (Phi) is 6.78. The van der Waals surface area contributed by atoms with E-state index < -0.39 is 5.60 Å². The lowest BCUT2D eigenvalue weighted by atomic mass is 9.95. The maximum absolute atomic E-state index is 10.9. The van der Waals surface area contributed by atoms with Crippen LogP contribution in [-0.2, 0) is 0 Å². The molecule has 0 saturated carbocycles. The van der Waals surface area contributed by atoms with E-state index in [0.717, 1.165) is 18.4 Å². The Morgan fingerprint density at radius 3 is 2.52 bits per heavy atom. The summed E-state index contributed by atoms with van der Waals surface area (Å²) in [5, 5.41) is 24.6. The summed E-state index contributed by atoms with van der Waals surface area (Å²) in [6, 6.07) is 6.76. The van der Waals surface area contributed by atoms with Crippen LogP contribution in [0.5, 0.6) is 0 Å². The number of benzene rings is 1. The molecule has 1 unspecified atom stereocenters. The predicted octanol–water partition coefficient (Wildman–Crippen LogP) is 3.58. The highest BCUT2D eigenvalue weighted by Crippen LogP contribution is 2.24. The molecule has 21 heavy (non-hydrogen) atoms. The first kappa shape index (κ1) is 17.6. The second-order valence-electron chi connectivity index (χ2n) is 5.51. The van der Waals surface area contributed by atoms with E-state index in [-0.39, 0.29) is 16.7 Å². The molecule has 1 atom stereocenters. The van der Waals surface area contributed by atoms with E-state index in [1.807, 2.05) is 19.9 Å². The summed E-state index contributed by atoms with van der Waals surface area (Å²) in [7, 11) is 0. The summed E-state index contributed by atoms with van der Waals surface area (Å²) >= 11 is 0. The molecule has 0 aliphatic carbocycles. The van der Waals surface area contributed by atoms with Crippen molar-refractivity contribution >= 4 is 5.69 Å². The minimum Gasteiger partial charge on any atom is -0.389 e. The summed E-state index contributed by atoms with van der Waals surface area (Å²) in [4.78, 5) is 10.5. The van der Waals surface area contributed by atoms with E-state index >= 15 is 0 Å². The number of non-ortho nitro benzene ring substituents is 1. The predicted molar refractivity (Wildman–Crippen MR) is 84.3 cm³/mol. The molecular weight excluding hydrogens is 268 g/mol. The van der Waals surface area contributed by atoms with Crippen molar-refractivity contribution in [2.24, 2.45) is 0 Å². The Balaban J connectivity index is 2.86. The van der Waals surface area contributed by atoms with E-state index in [1.165, 1.54) is 6.07 Å². The number of nitro benzene ring substituents is 1. The van der Waals surface area contributed by atoms with Gasteiger partial charge in [0.1, 0.15) is 0 Å². The van der Waals surface area contributed by atoms with E-state index in [4.69, 9.17) is 0 Å². The lowest BCUT2D eigenvalue weighted by Crippen LogP contribution is -2.41. The average molecular weight is 294 g/mol. The highest BCUT2D eigenvalue weighted by atomic mass is 16.6.